The van der Waals surface area contributed by atoms with Crippen LogP contribution in [0.1, 0.15) is 13.3 Å². The standard InChI is InChI=1S/C6H9Cl/c1-3-6(2)4-5-7/h1,6H,4-5H2,2H3. The van der Waals surface area contributed by atoms with Gasteiger partial charge in [0.2, 0.25) is 0 Å². The van der Waals surface area contributed by atoms with Crippen molar-refractivity contribution in [2.45, 2.75) is 13.3 Å². The zero-order valence-electron chi connectivity index (χ0n) is 4.45. The Bertz CT molecular complexity index is 70.7. The van der Waals surface area contributed by atoms with E-state index in [1.54, 1.807) is 0 Å². The fourth-order valence-corrected chi connectivity index (χ4v) is 0.574. The highest BCUT2D eigenvalue weighted by molar-refractivity contribution is 6.17. The largest absolute Gasteiger partial charge is 0.127 e. The lowest BCUT2D eigenvalue weighted by Gasteiger charge is -1.94. The molecule has 40 valence electrons. The molecule has 0 radical (unpaired) electrons. The average molecular weight is 117 g/mol. The second-order valence-corrected chi connectivity index (χ2v) is 1.92. The number of halogens is 1. The van der Waals surface area contributed by atoms with Gasteiger partial charge in [-0.25, -0.2) is 0 Å². The summed E-state index contributed by atoms with van der Waals surface area (Å²) in [4.78, 5) is 0. The van der Waals surface area contributed by atoms with Crippen molar-refractivity contribution < 1.29 is 0 Å². The Morgan fingerprint density at radius 3 is 2.57 bits per heavy atom. The third-order valence-electron chi connectivity index (χ3n) is 0.827. The lowest BCUT2D eigenvalue weighted by atomic mass is 10.1. The molecule has 7 heavy (non-hydrogen) atoms. The lowest BCUT2D eigenvalue weighted by molar-refractivity contribution is 0.729. The van der Waals surface area contributed by atoms with E-state index in [1.165, 1.54) is 0 Å². The summed E-state index contributed by atoms with van der Waals surface area (Å²) in [5.74, 6) is 3.60. The maximum absolute atomic E-state index is 5.38. The van der Waals surface area contributed by atoms with Gasteiger partial charge in [0, 0.05) is 11.8 Å². The summed E-state index contributed by atoms with van der Waals surface area (Å²) in [5, 5.41) is 0. The van der Waals surface area contributed by atoms with E-state index in [0.717, 1.165) is 6.42 Å². The second-order valence-electron chi connectivity index (χ2n) is 1.55. The molecular formula is C6H9Cl. The Morgan fingerprint density at radius 2 is 2.43 bits per heavy atom. The molecule has 0 nitrogen and oxygen atoms in total. The molecule has 1 heteroatoms. The first kappa shape index (κ1) is 6.85. The first-order chi connectivity index (χ1) is 3.31. The highest BCUT2D eigenvalue weighted by Gasteiger charge is 1.90. The quantitative estimate of drug-likeness (QED) is 0.382. The topological polar surface area (TPSA) is 0 Å². The third-order valence-corrected chi connectivity index (χ3v) is 1.04. The molecule has 0 aromatic heterocycles. The van der Waals surface area contributed by atoms with Crippen LogP contribution in [0, 0.1) is 18.3 Å². The summed E-state index contributed by atoms with van der Waals surface area (Å²) < 4.78 is 0. The van der Waals surface area contributed by atoms with Crippen LogP contribution in [0.5, 0.6) is 0 Å². The molecular weight excluding hydrogens is 108 g/mol. The maximum atomic E-state index is 5.38. The SMILES string of the molecule is C#CC(C)CCCl. The van der Waals surface area contributed by atoms with Gasteiger partial charge in [-0.2, -0.15) is 0 Å². The summed E-state index contributed by atoms with van der Waals surface area (Å²) >= 11 is 5.38. The summed E-state index contributed by atoms with van der Waals surface area (Å²) in [5.41, 5.74) is 0. The smallest absolute Gasteiger partial charge is 0.0235 e. The van der Waals surface area contributed by atoms with E-state index in [2.05, 4.69) is 5.92 Å². The van der Waals surface area contributed by atoms with Gasteiger partial charge >= 0.3 is 0 Å². The van der Waals surface area contributed by atoms with Crippen LogP contribution in [0.4, 0.5) is 0 Å². The number of rotatable bonds is 2. The molecule has 0 fully saturated rings. The van der Waals surface area contributed by atoms with Gasteiger partial charge in [-0.1, -0.05) is 6.92 Å². The third kappa shape index (κ3) is 3.69. The molecule has 0 saturated heterocycles. The molecule has 0 aromatic rings. The van der Waals surface area contributed by atoms with Crippen molar-refractivity contribution >= 4 is 11.6 Å². The second kappa shape index (κ2) is 4.02. The van der Waals surface area contributed by atoms with Crippen molar-refractivity contribution in [2.75, 3.05) is 5.88 Å². The molecule has 0 aromatic carbocycles. The summed E-state index contributed by atoms with van der Waals surface area (Å²) in [6, 6.07) is 0. The Labute approximate surface area is 49.9 Å². The van der Waals surface area contributed by atoms with Crippen molar-refractivity contribution in [3.63, 3.8) is 0 Å². The fourth-order valence-electron chi connectivity index (χ4n) is 0.247. The normalized spacial score (nSPS) is 12.7. The molecule has 0 aliphatic rings. The van der Waals surface area contributed by atoms with Gasteiger partial charge in [0.1, 0.15) is 0 Å². The predicted octanol–water partition coefficient (Wildman–Crippen LogP) is 1.88. The van der Waals surface area contributed by atoms with Crippen molar-refractivity contribution in [3.8, 4) is 12.3 Å². The van der Waals surface area contributed by atoms with Gasteiger partial charge in [0.05, 0.1) is 0 Å². The summed E-state index contributed by atoms with van der Waals surface area (Å²) in [7, 11) is 0. The van der Waals surface area contributed by atoms with Crippen LogP contribution in [-0.2, 0) is 0 Å². The van der Waals surface area contributed by atoms with Crippen LogP contribution < -0.4 is 0 Å². The Morgan fingerprint density at radius 1 is 1.86 bits per heavy atom. The Hall–Kier alpha value is -0.150. The molecule has 0 heterocycles. The van der Waals surface area contributed by atoms with Crippen molar-refractivity contribution in [2.24, 2.45) is 5.92 Å². The molecule has 0 bridgehead atoms. The fraction of sp³-hybridized carbons (Fsp3) is 0.667. The molecule has 0 saturated carbocycles. The van der Waals surface area contributed by atoms with Crippen molar-refractivity contribution in [1.82, 2.24) is 0 Å². The molecule has 0 aliphatic carbocycles. The van der Waals surface area contributed by atoms with E-state index in [-0.39, 0.29) is 0 Å². The highest BCUT2D eigenvalue weighted by Crippen LogP contribution is 1.98. The van der Waals surface area contributed by atoms with E-state index >= 15 is 0 Å². The highest BCUT2D eigenvalue weighted by atomic mass is 35.5. The minimum atomic E-state index is 0.345. The summed E-state index contributed by atoms with van der Waals surface area (Å²) in [6.07, 6.45) is 5.98. The van der Waals surface area contributed by atoms with Crippen molar-refractivity contribution in [1.29, 1.82) is 0 Å². The van der Waals surface area contributed by atoms with Crippen LogP contribution in [0.15, 0.2) is 0 Å². The van der Waals surface area contributed by atoms with Gasteiger partial charge in [-0.15, -0.1) is 23.9 Å². The molecule has 1 atom stereocenters. The van der Waals surface area contributed by atoms with E-state index < -0.39 is 0 Å². The molecule has 0 rings (SSSR count). The first-order valence-electron chi connectivity index (χ1n) is 2.33. The molecule has 0 amide bonds. The van der Waals surface area contributed by atoms with Gasteiger partial charge in [-0.05, 0) is 6.42 Å². The number of hydrogen-bond acceptors (Lipinski definition) is 0. The maximum Gasteiger partial charge on any atom is 0.0235 e. The minimum absolute atomic E-state index is 0.345. The first-order valence-corrected chi connectivity index (χ1v) is 2.86. The van der Waals surface area contributed by atoms with Crippen LogP contribution in [-0.4, -0.2) is 5.88 Å². The predicted molar refractivity (Wildman–Crippen MR) is 33.3 cm³/mol. The number of terminal acetylenes is 1. The molecule has 1 unspecified atom stereocenters. The van der Waals surface area contributed by atoms with Crippen molar-refractivity contribution in [3.05, 3.63) is 0 Å². The van der Waals surface area contributed by atoms with Crippen LogP contribution in [0.25, 0.3) is 0 Å². The zero-order valence-corrected chi connectivity index (χ0v) is 5.20. The lowest BCUT2D eigenvalue weighted by Crippen LogP contribution is -1.88. The number of hydrogen-bond donors (Lipinski definition) is 0. The van der Waals surface area contributed by atoms with E-state index in [4.69, 9.17) is 18.0 Å². The Kier molecular flexibility index (Phi) is 3.93. The molecule has 0 spiro atoms. The Balaban J connectivity index is 3.04. The average Bonchev–Trinajstić information content (AvgIpc) is 1.68. The minimum Gasteiger partial charge on any atom is -0.127 e. The number of alkyl halides is 1. The van der Waals surface area contributed by atoms with Gasteiger partial charge < -0.3 is 0 Å². The van der Waals surface area contributed by atoms with E-state index in [9.17, 15) is 0 Å². The van der Waals surface area contributed by atoms with Gasteiger partial charge in [-0.3, -0.25) is 0 Å². The van der Waals surface area contributed by atoms with Gasteiger partial charge in [0.25, 0.3) is 0 Å². The summed E-state index contributed by atoms with van der Waals surface area (Å²) in [6.45, 7) is 1.99. The zero-order chi connectivity index (χ0) is 5.70. The van der Waals surface area contributed by atoms with E-state index in [0.29, 0.717) is 11.8 Å². The van der Waals surface area contributed by atoms with E-state index in [1.807, 2.05) is 6.92 Å². The van der Waals surface area contributed by atoms with Crippen LogP contribution >= 0.6 is 11.6 Å². The molecule has 0 N–H and O–H groups in total. The van der Waals surface area contributed by atoms with Crippen LogP contribution in [0.3, 0.4) is 0 Å². The van der Waals surface area contributed by atoms with Crippen LogP contribution in [0.2, 0.25) is 0 Å². The monoisotopic (exact) mass is 116 g/mol. The van der Waals surface area contributed by atoms with Gasteiger partial charge in [0.15, 0.2) is 0 Å². The molecule has 0 aliphatic heterocycles.